The van der Waals surface area contributed by atoms with Crippen LogP contribution >= 0.6 is 11.6 Å². The van der Waals surface area contributed by atoms with E-state index < -0.39 is 0 Å². The second-order valence-corrected chi connectivity index (χ2v) is 6.77. The summed E-state index contributed by atoms with van der Waals surface area (Å²) in [6.07, 6.45) is 6.21. The first-order valence-electron chi connectivity index (χ1n) is 8.46. The van der Waals surface area contributed by atoms with Gasteiger partial charge in [0, 0.05) is 18.2 Å². The van der Waals surface area contributed by atoms with Crippen molar-refractivity contribution in [2.75, 3.05) is 0 Å². The number of hydrogen-bond donors (Lipinski definition) is 0. The molecule has 0 spiro atoms. The first kappa shape index (κ1) is 16.2. The van der Waals surface area contributed by atoms with Crippen molar-refractivity contribution >= 4 is 11.6 Å². The molecule has 0 bridgehead atoms. The normalized spacial score (nSPS) is 12.8. The molecule has 0 unspecified atom stereocenters. The number of pyridine rings is 1. The number of halogens is 2. The van der Waals surface area contributed by atoms with Crippen LogP contribution < -0.4 is 0 Å². The lowest BCUT2D eigenvalue weighted by molar-refractivity contribution is 0.602. The van der Waals surface area contributed by atoms with E-state index in [9.17, 15) is 4.39 Å². The molecule has 4 nitrogen and oxygen atoms in total. The van der Waals surface area contributed by atoms with Gasteiger partial charge in [-0.3, -0.25) is 9.55 Å². The average molecular weight is 357 g/mol. The summed E-state index contributed by atoms with van der Waals surface area (Å²) in [5, 5.41) is 9.01. The minimum Gasteiger partial charge on any atom is -0.281 e. The van der Waals surface area contributed by atoms with E-state index in [1.54, 1.807) is 6.20 Å². The zero-order valence-electron chi connectivity index (χ0n) is 14.2. The van der Waals surface area contributed by atoms with Crippen molar-refractivity contribution in [2.24, 2.45) is 0 Å². The molecule has 25 heavy (non-hydrogen) atoms. The number of nitrogens with zero attached hydrogens (tertiary/aromatic N) is 4. The second kappa shape index (κ2) is 6.23. The van der Waals surface area contributed by atoms with Crippen LogP contribution in [-0.2, 0) is 19.3 Å². The zero-order valence-corrected chi connectivity index (χ0v) is 14.9. The maximum atomic E-state index is 14.3. The van der Waals surface area contributed by atoms with Crippen LogP contribution in [0.25, 0.3) is 16.8 Å². The van der Waals surface area contributed by atoms with Crippen LogP contribution in [0.2, 0.25) is 5.02 Å². The molecule has 3 heterocycles. The standard InChI is InChI=1S/C19H18ClFN4/c1-3-4-14-15(9-22-10-17(14)21)13-7-12-5-6-18-24-23-11(2)25(18)19(12)16(20)8-13/h7-10H,3-6H2,1-2H3. The number of aryl methyl sites for hydroxylation is 3. The number of aromatic nitrogens is 4. The molecule has 1 aromatic carbocycles. The summed E-state index contributed by atoms with van der Waals surface area (Å²) in [6, 6.07) is 3.99. The van der Waals surface area contributed by atoms with Crippen molar-refractivity contribution in [3.8, 4) is 16.8 Å². The number of hydrogen-bond acceptors (Lipinski definition) is 3. The summed E-state index contributed by atoms with van der Waals surface area (Å²) in [4.78, 5) is 4.04. The van der Waals surface area contributed by atoms with Crippen molar-refractivity contribution in [1.82, 2.24) is 19.7 Å². The number of benzene rings is 1. The molecule has 1 aliphatic rings. The monoisotopic (exact) mass is 356 g/mol. The van der Waals surface area contributed by atoms with Crippen LogP contribution in [0.15, 0.2) is 24.5 Å². The van der Waals surface area contributed by atoms with Gasteiger partial charge in [-0.2, -0.15) is 0 Å². The van der Waals surface area contributed by atoms with Crippen LogP contribution in [0.1, 0.15) is 36.1 Å². The van der Waals surface area contributed by atoms with Crippen molar-refractivity contribution in [2.45, 2.75) is 39.5 Å². The van der Waals surface area contributed by atoms with Gasteiger partial charge in [0.2, 0.25) is 0 Å². The van der Waals surface area contributed by atoms with Crippen molar-refractivity contribution < 1.29 is 4.39 Å². The Labute approximate surface area is 150 Å². The fraction of sp³-hybridized carbons (Fsp3) is 0.316. The van der Waals surface area contributed by atoms with Crippen molar-refractivity contribution in [3.05, 3.63) is 58.1 Å². The Balaban J connectivity index is 1.90. The Bertz CT molecular complexity index is 964. The molecule has 128 valence electrons. The Morgan fingerprint density at radius 3 is 2.84 bits per heavy atom. The summed E-state index contributed by atoms with van der Waals surface area (Å²) in [5.74, 6) is 1.49. The third-order valence-electron chi connectivity index (χ3n) is 4.69. The topological polar surface area (TPSA) is 43.6 Å². The van der Waals surface area contributed by atoms with E-state index in [0.717, 1.165) is 53.3 Å². The quantitative estimate of drug-likeness (QED) is 0.694. The van der Waals surface area contributed by atoms with Gasteiger partial charge in [-0.05, 0) is 48.6 Å². The predicted molar refractivity (Wildman–Crippen MR) is 95.7 cm³/mol. The highest BCUT2D eigenvalue weighted by molar-refractivity contribution is 6.33. The number of rotatable bonds is 3. The molecule has 0 N–H and O–H groups in total. The van der Waals surface area contributed by atoms with E-state index >= 15 is 0 Å². The van der Waals surface area contributed by atoms with E-state index in [-0.39, 0.29) is 5.82 Å². The van der Waals surface area contributed by atoms with E-state index in [1.807, 2.05) is 24.5 Å². The lowest BCUT2D eigenvalue weighted by atomic mass is 9.94. The van der Waals surface area contributed by atoms with E-state index in [0.29, 0.717) is 17.0 Å². The highest BCUT2D eigenvalue weighted by Gasteiger charge is 2.23. The van der Waals surface area contributed by atoms with E-state index in [1.165, 1.54) is 6.20 Å². The van der Waals surface area contributed by atoms with Gasteiger partial charge >= 0.3 is 0 Å². The SMILES string of the molecule is CCCc1c(F)cncc1-c1cc(Cl)c2c(c1)CCc1nnc(C)n1-2. The molecule has 0 saturated heterocycles. The Hall–Kier alpha value is -2.27. The average Bonchev–Trinajstić information content (AvgIpc) is 2.98. The molecule has 0 saturated carbocycles. The Morgan fingerprint density at radius 2 is 2.04 bits per heavy atom. The van der Waals surface area contributed by atoms with Crippen LogP contribution in [-0.4, -0.2) is 19.7 Å². The lowest BCUT2D eigenvalue weighted by Crippen LogP contribution is -2.14. The van der Waals surface area contributed by atoms with Gasteiger partial charge in [-0.15, -0.1) is 10.2 Å². The van der Waals surface area contributed by atoms with Gasteiger partial charge in [0.05, 0.1) is 16.9 Å². The molecular weight excluding hydrogens is 339 g/mol. The van der Waals surface area contributed by atoms with E-state index in [2.05, 4.69) is 21.2 Å². The largest absolute Gasteiger partial charge is 0.281 e. The zero-order chi connectivity index (χ0) is 17.6. The maximum Gasteiger partial charge on any atom is 0.145 e. The van der Waals surface area contributed by atoms with E-state index in [4.69, 9.17) is 11.6 Å². The van der Waals surface area contributed by atoms with Crippen molar-refractivity contribution in [1.29, 1.82) is 0 Å². The molecule has 0 radical (unpaired) electrons. The summed E-state index contributed by atoms with van der Waals surface area (Å²) >= 11 is 6.63. The van der Waals surface area contributed by atoms with Gasteiger partial charge in [0.25, 0.3) is 0 Å². The molecular formula is C19H18ClFN4. The smallest absolute Gasteiger partial charge is 0.145 e. The molecule has 3 aromatic rings. The van der Waals surface area contributed by atoms with Crippen LogP contribution in [0.3, 0.4) is 0 Å². The van der Waals surface area contributed by atoms with Crippen LogP contribution in [0, 0.1) is 12.7 Å². The lowest BCUT2D eigenvalue weighted by Gasteiger charge is -2.22. The van der Waals surface area contributed by atoms with Gasteiger partial charge < -0.3 is 0 Å². The van der Waals surface area contributed by atoms with Crippen molar-refractivity contribution in [3.63, 3.8) is 0 Å². The first-order valence-corrected chi connectivity index (χ1v) is 8.84. The molecule has 6 heteroatoms. The first-order chi connectivity index (χ1) is 12.1. The highest BCUT2D eigenvalue weighted by atomic mass is 35.5. The van der Waals surface area contributed by atoms with Gasteiger partial charge in [0.15, 0.2) is 0 Å². The minimum absolute atomic E-state index is 0.259. The minimum atomic E-state index is -0.259. The third-order valence-corrected chi connectivity index (χ3v) is 4.98. The van der Waals surface area contributed by atoms with Crippen LogP contribution in [0.4, 0.5) is 4.39 Å². The molecule has 2 aromatic heterocycles. The second-order valence-electron chi connectivity index (χ2n) is 6.36. The summed E-state index contributed by atoms with van der Waals surface area (Å²) in [5.41, 5.74) is 4.50. The molecule has 0 fully saturated rings. The summed E-state index contributed by atoms with van der Waals surface area (Å²) in [6.45, 7) is 3.96. The van der Waals surface area contributed by atoms with Gasteiger partial charge in [0.1, 0.15) is 17.5 Å². The Kier molecular flexibility index (Phi) is 4.04. The summed E-state index contributed by atoms with van der Waals surface area (Å²) < 4.78 is 16.3. The van der Waals surface area contributed by atoms with Gasteiger partial charge in [-0.1, -0.05) is 24.9 Å². The van der Waals surface area contributed by atoms with Crippen LogP contribution in [0.5, 0.6) is 0 Å². The number of fused-ring (bicyclic) bond motifs is 3. The molecule has 4 rings (SSSR count). The third kappa shape index (κ3) is 2.63. The fourth-order valence-electron chi connectivity index (χ4n) is 3.57. The highest BCUT2D eigenvalue weighted by Crippen LogP contribution is 2.37. The molecule has 0 atom stereocenters. The maximum absolute atomic E-state index is 14.3. The van der Waals surface area contributed by atoms with Gasteiger partial charge in [-0.25, -0.2) is 4.39 Å². The predicted octanol–water partition coefficient (Wildman–Crippen LogP) is 4.48. The molecule has 0 amide bonds. The fourth-order valence-corrected chi connectivity index (χ4v) is 3.90. The summed E-state index contributed by atoms with van der Waals surface area (Å²) in [7, 11) is 0. The molecule has 1 aliphatic heterocycles. The molecule has 0 aliphatic carbocycles. The Morgan fingerprint density at radius 1 is 1.20 bits per heavy atom.